The number of ether oxygens (including phenoxy) is 1. The first-order chi connectivity index (χ1) is 5.79. The summed E-state index contributed by atoms with van der Waals surface area (Å²) in [6, 6.07) is 5.80. The van der Waals surface area contributed by atoms with E-state index in [0.29, 0.717) is 12.4 Å². The minimum Gasteiger partial charge on any atom is -0.440 e. The number of rotatable bonds is 1. The quantitative estimate of drug-likeness (QED) is 0.656. The van der Waals surface area contributed by atoms with E-state index in [0.717, 1.165) is 17.0 Å². The molecule has 1 aromatic rings. The van der Waals surface area contributed by atoms with E-state index in [2.05, 4.69) is 11.9 Å². The molecule has 0 unspecified atom stereocenters. The van der Waals surface area contributed by atoms with E-state index in [1.165, 1.54) is 0 Å². The molecule has 0 amide bonds. The molecule has 1 aliphatic rings. The third kappa shape index (κ3) is 1.04. The summed E-state index contributed by atoms with van der Waals surface area (Å²) in [7, 11) is 0. The van der Waals surface area contributed by atoms with E-state index in [1.807, 2.05) is 18.2 Å². The van der Waals surface area contributed by atoms with Crippen molar-refractivity contribution >= 4 is 5.69 Å². The van der Waals surface area contributed by atoms with Crippen LogP contribution < -0.4 is 15.8 Å². The Morgan fingerprint density at radius 3 is 3.08 bits per heavy atom. The van der Waals surface area contributed by atoms with Crippen molar-refractivity contribution < 1.29 is 4.74 Å². The maximum Gasteiger partial charge on any atom is 0.190 e. The van der Waals surface area contributed by atoms with E-state index in [9.17, 15) is 0 Å². The summed E-state index contributed by atoms with van der Waals surface area (Å²) in [5.74, 6) is 1.39. The molecule has 0 fully saturated rings. The van der Waals surface area contributed by atoms with Gasteiger partial charge in [-0.05, 0) is 24.3 Å². The van der Waals surface area contributed by atoms with Crippen molar-refractivity contribution in [3.05, 3.63) is 36.2 Å². The molecule has 3 heteroatoms. The summed E-state index contributed by atoms with van der Waals surface area (Å²) in [6.45, 7) is 4.20. The van der Waals surface area contributed by atoms with Crippen LogP contribution >= 0.6 is 0 Å². The van der Waals surface area contributed by atoms with Gasteiger partial charge in [-0.2, -0.15) is 0 Å². The number of fused-ring (bicyclic) bond motifs is 1. The van der Waals surface area contributed by atoms with Crippen molar-refractivity contribution in [1.29, 1.82) is 0 Å². The molecule has 2 rings (SSSR count). The van der Waals surface area contributed by atoms with Crippen LogP contribution in [0.4, 0.5) is 5.69 Å². The number of hydrogen-bond donors (Lipinski definition) is 2. The highest BCUT2D eigenvalue weighted by Crippen LogP contribution is 2.33. The summed E-state index contributed by atoms with van der Waals surface area (Å²) in [6.07, 6.45) is 0. The van der Waals surface area contributed by atoms with Gasteiger partial charge in [0.2, 0.25) is 0 Å². The largest absolute Gasteiger partial charge is 0.440 e. The number of nitrogens with one attached hydrogen (secondary N) is 1. The normalized spacial score (nSPS) is 13.6. The first-order valence-electron chi connectivity index (χ1n) is 3.76. The fraction of sp³-hybridized carbons (Fsp3) is 0.111. The molecule has 0 radical (unpaired) electrons. The van der Waals surface area contributed by atoms with Gasteiger partial charge >= 0.3 is 0 Å². The SMILES string of the molecule is C=C1Nc2cc(CN)ccc2O1. The highest BCUT2D eigenvalue weighted by atomic mass is 16.5. The van der Waals surface area contributed by atoms with Crippen LogP contribution in [0, 0.1) is 0 Å². The van der Waals surface area contributed by atoms with E-state index in [1.54, 1.807) is 0 Å². The van der Waals surface area contributed by atoms with Crippen LogP contribution in [0.15, 0.2) is 30.7 Å². The Hall–Kier alpha value is -1.48. The molecule has 0 aromatic heterocycles. The van der Waals surface area contributed by atoms with Crippen LogP contribution in [0.25, 0.3) is 0 Å². The number of anilines is 1. The second-order valence-electron chi connectivity index (χ2n) is 2.68. The fourth-order valence-corrected chi connectivity index (χ4v) is 1.20. The molecule has 1 heterocycles. The molecule has 0 atom stereocenters. The Morgan fingerprint density at radius 1 is 1.50 bits per heavy atom. The van der Waals surface area contributed by atoms with Gasteiger partial charge in [0.05, 0.1) is 5.69 Å². The van der Waals surface area contributed by atoms with Gasteiger partial charge in [-0.1, -0.05) is 6.07 Å². The van der Waals surface area contributed by atoms with Crippen molar-refractivity contribution in [2.75, 3.05) is 5.32 Å². The first kappa shape index (κ1) is 7.18. The summed E-state index contributed by atoms with van der Waals surface area (Å²) in [5, 5.41) is 3.00. The predicted molar refractivity (Wildman–Crippen MR) is 47.7 cm³/mol. The van der Waals surface area contributed by atoms with Gasteiger partial charge < -0.3 is 15.8 Å². The Morgan fingerprint density at radius 2 is 2.33 bits per heavy atom. The lowest BCUT2D eigenvalue weighted by Crippen LogP contribution is -1.96. The number of hydrogen-bond acceptors (Lipinski definition) is 3. The van der Waals surface area contributed by atoms with Crippen molar-refractivity contribution in [3.63, 3.8) is 0 Å². The van der Waals surface area contributed by atoms with Gasteiger partial charge in [0.15, 0.2) is 11.6 Å². The highest BCUT2D eigenvalue weighted by Gasteiger charge is 2.13. The second-order valence-corrected chi connectivity index (χ2v) is 2.68. The van der Waals surface area contributed by atoms with Gasteiger partial charge in [0, 0.05) is 6.54 Å². The number of nitrogens with two attached hydrogens (primary N) is 1. The Bertz CT molecular complexity index is 333. The molecule has 0 aliphatic carbocycles. The minimum atomic E-state index is 0.543. The Balaban J connectivity index is 2.41. The first-order valence-corrected chi connectivity index (χ1v) is 3.76. The topological polar surface area (TPSA) is 47.3 Å². The van der Waals surface area contributed by atoms with Gasteiger partial charge in [0.25, 0.3) is 0 Å². The molecule has 1 aromatic carbocycles. The highest BCUT2D eigenvalue weighted by molar-refractivity contribution is 5.64. The zero-order valence-electron chi connectivity index (χ0n) is 6.63. The summed E-state index contributed by atoms with van der Waals surface area (Å²) < 4.78 is 5.26. The molecule has 0 saturated carbocycles. The van der Waals surface area contributed by atoms with Gasteiger partial charge in [0.1, 0.15) is 0 Å². The summed E-state index contributed by atoms with van der Waals surface area (Å²) in [5.41, 5.74) is 7.52. The minimum absolute atomic E-state index is 0.543. The summed E-state index contributed by atoms with van der Waals surface area (Å²) in [4.78, 5) is 0. The van der Waals surface area contributed by atoms with Crippen LogP contribution in [0.1, 0.15) is 5.56 Å². The monoisotopic (exact) mass is 162 g/mol. The van der Waals surface area contributed by atoms with Gasteiger partial charge in [-0.15, -0.1) is 0 Å². The molecule has 62 valence electrons. The molecule has 0 spiro atoms. The van der Waals surface area contributed by atoms with E-state index in [4.69, 9.17) is 10.5 Å². The molecule has 0 saturated heterocycles. The predicted octanol–water partition coefficient (Wildman–Crippen LogP) is 1.42. The Kier molecular flexibility index (Phi) is 1.52. The fourth-order valence-electron chi connectivity index (χ4n) is 1.20. The molecular weight excluding hydrogens is 152 g/mol. The zero-order valence-corrected chi connectivity index (χ0v) is 6.63. The lowest BCUT2D eigenvalue weighted by molar-refractivity contribution is 0.460. The molecule has 12 heavy (non-hydrogen) atoms. The molecular formula is C9H10N2O. The second kappa shape index (κ2) is 2.53. The van der Waals surface area contributed by atoms with Crippen molar-refractivity contribution in [2.45, 2.75) is 6.54 Å². The molecule has 0 bridgehead atoms. The van der Waals surface area contributed by atoms with Crippen molar-refractivity contribution in [3.8, 4) is 5.75 Å². The average Bonchev–Trinajstić information content (AvgIpc) is 2.43. The smallest absolute Gasteiger partial charge is 0.190 e. The molecule has 3 nitrogen and oxygen atoms in total. The maximum absolute atomic E-state index is 5.49. The third-order valence-corrected chi connectivity index (χ3v) is 1.79. The lowest BCUT2D eigenvalue weighted by atomic mass is 10.2. The van der Waals surface area contributed by atoms with Crippen LogP contribution in [0.5, 0.6) is 5.75 Å². The Labute approximate surface area is 70.8 Å². The summed E-state index contributed by atoms with van der Waals surface area (Å²) >= 11 is 0. The van der Waals surface area contributed by atoms with Gasteiger partial charge in [-0.25, -0.2) is 0 Å². The third-order valence-electron chi connectivity index (χ3n) is 1.79. The zero-order chi connectivity index (χ0) is 8.55. The van der Waals surface area contributed by atoms with E-state index < -0.39 is 0 Å². The van der Waals surface area contributed by atoms with Crippen LogP contribution in [0.3, 0.4) is 0 Å². The van der Waals surface area contributed by atoms with Crippen LogP contribution in [-0.4, -0.2) is 0 Å². The van der Waals surface area contributed by atoms with Gasteiger partial charge in [-0.3, -0.25) is 0 Å². The van der Waals surface area contributed by atoms with Crippen LogP contribution in [-0.2, 0) is 6.54 Å². The standard InChI is InChI=1S/C9H10N2O/c1-6-11-8-4-7(5-10)2-3-9(8)12-6/h2-4,11H,1,5,10H2. The van der Waals surface area contributed by atoms with Crippen LogP contribution in [0.2, 0.25) is 0 Å². The molecule has 3 N–H and O–H groups in total. The lowest BCUT2D eigenvalue weighted by Gasteiger charge is -1.98. The van der Waals surface area contributed by atoms with Crippen molar-refractivity contribution in [1.82, 2.24) is 0 Å². The number of benzene rings is 1. The molecule has 1 aliphatic heterocycles. The maximum atomic E-state index is 5.49. The van der Waals surface area contributed by atoms with E-state index in [-0.39, 0.29) is 0 Å². The average molecular weight is 162 g/mol. The van der Waals surface area contributed by atoms with Crippen molar-refractivity contribution in [2.24, 2.45) is 5.73 Å². The van der Waals surface area contributed by atoms with E-state index >= 15 is 0 Å².